The van der Waals surface area contributed by atoms with Crippen LogP contribution >= 0.6 is 0 Å². The molecule has 0 aliphatic carbocycles. The minimum absolute atomic E-state index is 0.142. The van der Waals surface area contributed by atoms with Crippen LogP contribution in [0.5, 0.6) is 0 Å². The Morgan fingerprint density at radius 3 is 3.05 bits per heavy atom. The molecular weight excluding hydrogens is 238 g/mol. The molecule has 0 fully saturated rings. The summed E-state index contributed by atoms with van der Waals surface area (Å²) in [5, 5.41) is 8.49. The molecule has 0 saturated heterocycles. The molecule has 1 aromatic carbocycles. The summed E-state index contributed by atoms with van der Waals surface area (Å²) in [5.74, 6) is 0.142. The van der Waals surface area contributed by atoms with E-state index in [9.17, 15) is 4.79 Å². The Bertz CT molecular complexity index is 560. The lowest BCUT2D eigenvalue weighted by Crippen LogP contribution is -2.24. The van der Waals surface area contributed by atoms with E-state index in [1.807, 2.05) is 17.8 Å². The fraction of sp³-hybridized carbons (Fsp3) is 0.467. The molecule has 0 unspecified atom stereocenters. The van der Waals surface area contributed by atoms with Gasteiger partial charge in [0.2, 0.25) is 5.91 Å². The maximum atomic E-state index is 11.3. The van der Waals surface area contributed by atoms with Crippen LogP contribution in [0, 0.1) is 6.92 Å². The minimum Gasteiger partial charge on any atom is -0.356 e. The number of amides is 1. The third-order valence-electron chi connectivity index (χ3n) is 3.15. The quantitative estimate of drug-likeness (QED) is 0.811. The maximum absolute atomic E-state index is 11.3. The molecule has 102 valence electrons. The fourth-order valence-corrected chi connectivity index (χ4v) is 2.13. The number of aryl methyl sites for hydroxylation is 2. The Hall–Kier alpha value is -1.84. The number of aromatic nitrogens is 2. The maximum Gasteiger partial charge on any atom is 0.219 e. The van der Waals surface area contributed by atoms with Gasteiger partial charge in [0.15, 0.2) is 0 Å². The number of fused-ring (bicyclic) bond motifs is 1. The molecule has 0 atom stereocenters. The van der Waals surface area contributed by atoms with E-state index in [1.54, 1.807) is 0 Å². The van der Waals surface area contributed by atoms with Crippen molar-refractivity contribution in [3.63, 3.8) is 0 Å². The number of benzene rings is 1. The van der Waals surface area contributed by atoms with Crippen LogP contribution in [0.15, 0.2) is 24.4 Å². The second kappa shape index (κ2) is 6.36. The van der Waals surface area contributed by atoms with Gasteiger partial charge in [-0.05, 0) is 31.4 Å². The van der Waals surface area contributed by atoms with Gasteiger partial charge in [-0.2, -0.15) is 5.10 Å². The lowest BCUT2D eigenvalue weighted by molar-refractivity contribution is -0.121. The fourth-order valence-electron chi connectivity index (χ4n) is 2.13. The first-order valence-corrected chi connectivity index (χ1v) is 6.89. The number of rotatable bonds is 6. The van der Waals surface area contributed by atoms with Crippen molar-refractivity contribution in [1.29, 1.82) is 0 Å². The molecule has 0 aliphatic rings. The number of carbonyl (C=O) groups excluding carboxylic acids is 1. The van der Waals surface area contributed by atoms with Crippen LogP contribution in [0.2, 0.25) is 0 Å². The zero-order valence-electron chi connectivity index (χ0n) is 11.6. The van der Waals surface area contributed by atoms with Crippen LogP contribution in [0.4, 0.5) is 0 Å². The molecule has 1 heterocycles. The van der Waals surface area contributed by atoms with E-state index in [-0.39, 0.29) is 5.91 Å². The number of nitrogens with zero attached hydrogens (tertiary/aromatic N) is 2. The van der Waals surface area contributed by atoms with Gasteiger partial charge in [-0.1, -0.05) is 19.1 Å². The van der Waals surface area contributed by atoms with E-state index in [2.05, 4.69) is 35.5 Å². The second-order valence-electron chi connectivity index (χ2n) is 4.88. The van der Waals surface area contributed by atoms with Crippen molar-refractivity contribution in [1.82, 2.24) is 15.1 Å². The van der Waals surface area contributed by atoms with Crippen LogP contribution in [0.1, 0.15) is 31.7 Å². The van der Waals surface area contributed by atoms with Crippen molar-refractivity contribution in [2.75, 3.05) is 6.54 Å². The topological polar surface area (TPSA) is 46.9 Å². The lowest BCUT2D eigenvalue weighted by atomic mass is 10.2. The summed E-state index contributed by atoms with van der Waals surface area (Å²) < 4.78 is 2.01. The largest absolute Gasteiger partial charge is 0.356 e. The Morgan fingerprint density at radius 2 is 2.26 bits per heavy atom. The third kappa shape index (κ3) is 3.56. The Labute approximate surface area is 113 Å². The van der Waals surface area contributed by atoms with Crippen LogP contribution in [0.25, 0.3) is 10.9 Å². The van der Waals surface area contributed by atoms with E-state index in [1.165, 1.54) is 16.5 Å². The molecule has 2 rings (SSSR count). The van der Waals surface area contributed by atoms with E-state index in [0.717, 1.165) is 19.4 Å². The van der Waals surface area contributed by atoms with Crippen molar-refractivity contribution in [2.45, 2.75) is 39.7 Å². The van der Waals surface area contributed by atoms with E-state index >= 15 is 0 Å². The first-order chi connectivity index (χ1) is 9.20. The van der Waals surface area contributed by atoms with Crippen molar-refractivity contribution >= 4 is 16.8 Å². The molecule has 19 heavy (non-hydrogen) atoms. The van der Waals surface area contributed by atoms with Gasteiger partial charge in [0.05, 0.1) is 11.7 Å². The highest BCUT2D eigenvalue weighted by Crippen LogP contribution is 2.15. The standard InChI is InChI=1S/C15H21N3O/c1-3-5-15(19)16-8-4-9-18-14-10-12(2)6-7-13(14)11-17-18/h6-7,10-11H,3-5,8-9H2,1-2H3,(H,16,19). The minimum atomic E-state index is 0.142. The normalized spacial score (nSPS) is 10.8. The predicted molar refractivity (Wildman–Crippen MR) is 77.0 cm³/mol. The number of hydrogen-bond acceptors (Lipinski definition) is 2. The molecular formula is C15H21N3O. The average Bonchev–Trinajstić information content (AvgIpc) is 2.77. The highest BCUT2D eigenvalue weighted by molar-refractivity contribution is 5.79. The van der Waals surface area contributed by atoms with Gasteiger partial charge in [-0.3, -0.25) is 9.48 Å². The predicted octanol–water partition coefficient (Wildman–Crippen LogP) is 2.65. The summed E-state index contributed by atoms with van der Waals surface area (Å²) in [6, 6.07) is 6.34. The van der Waals surface area contributed by atoms with Gasteiger partial charge in [-0.25, -0.2) is 0 Å². The summed E-state index contributed by atoms with van der Waals surface area (Å²) in [6.07, 6.45) is 4.31. The Morgan fingerprint density at radius 1 is 1.42 bits per heavy atom. The van der Waals surface area contributed by atoms with Crippen LogP contribution in [-0.2, 0) is 11.3 Å². The van der Waals surface area contributed by atoms with Crippen molar-refractivity contribution in [3.8, 4) is 0 Å². The Kier molecular flexibility index (Phi) is 4.55. The molecule has 0 radical (unpaired) electrons. The van der Waals surface area contributed by atoms with Crippen molar-refractivity contribution in [3.05, 3.63) is 30.0 Å². The summed E-state index contributed by atoms with van der Waals surface area (Å²) in [5.41, 5.74) is 2.41. The summed E-state index contributed by atoms with van der Waals surface area (Å²) >= 11 is 0. The molecule has 0 bridgehead atoms. The summed E-state index contributed by atoms with van der Waals surface area (Å²) in [6.45, 7) is 5.64. The zero-order chi connectivity index (χ0) is 13.7. The van der Waals surface area contributed by atoms with Crippen LogP contribution in [0.3, 0.4) is 0 Å². The molecule has 0 aliphatic heterocycles. The van der Waals surface area contributed by atoms with Crippen molar-refractivity contribution in [2.24, 2.45) is 0 Å². The summed E-state index contributed by atoms with van der Waals surface area (Å²) in [4.78, 5) is 11.3. The molecule has 0 spiro atoms. The van der Waals surface area contributed by atoms with Crippen LogP contribution in [-0.4, -0.2) is 22.2 Å². The highest BCUT2D eigenvalue weighted by atomic mass is 16.1. The number of hydrogen-bond donors (Lipinski definition) is 1. The highest BCUT2D eigenvalue weighted by Gasteiger charge is 2.03. The number of carbonyl (C=O) groups is 1. The first-order valence-electron chi connectivity index (χ1n) is 6.89. The molecule has 1 amide bonds. The van der Waals surface area contributed by atoms with E-state index in [4.69, 9.17) is 0 Å². The van der Waals surface area contributed by atoms with Crippen LogP contribution < -0.4 is 5.32 Å². The van der Waals surface area contributed by atoms with Gasteiger partial charge in [0.25, 0.3) is 0 Å². The summed E-state index contributed by atoms with van der Waals surface area (Å²) in [7, 11) is 0. The molecule has 1 aromatic heterocycles. The molecule has 4 nitrogen and oxygen atoms in total. The first kappa shape index (κ1) is 13.6. The molecule has 1 N–H and O–H groups in total. The monoisotopic (exact) mass is 259 g/mol. The molecule has 2 aromatic rings. The van der Waals surface area contributed by atoms with Gasteiger partial charge >= 0.3 is 0 Å². The number of nitrogens with one attached hydrogen (secondary N) is 1. The Balaban J connectivity index is 1.88. The molecule has 0 saturated carbocycles. The smallest absolute Gasteiger partial charge is 0.219 e. The zero-order valence-corrected chi connectivity index (χ0v) is 11.6. The third-order valence-corrected chi connectivity index (χ3v) is 3.15. The van der Waals surface area contributed by atoms with Gasteiger partial charge in [0.1, 0.15) is 0 Å². The van der Waals surface area contributed by atoms with E-state index in [0.29, 0.717) is 13.0 Å². The van der Waals surface area contributed by atoms with Crippen molar-refractivity contribution < 1.29 is 4.79 Å². The van der Waals surface area contributed by atoms with Gasteiger partial charge in [0, 0.05) is 24.9 Å². The van der Waals surface area contributed by atoms with E-state index < -0.39 is 0 Å². The van der Waals surface area contributed by atoms with Gasteiger partial charge in [-0.15, -0.1) is 0 Å². The SMILES string of the molecule is CCCC(=O)NCCCn1ncc2ccc(C)cc21. The lowest BCUT2D eigenvalue weighted by Gasteiger charge is -2.06. The molecule has 4 heteroatoms. The average molecular weight is 259 g/mol. The second-order valence-corrected chi connectivity index (χ2v) is 4.88. The van der Waals surface area contributed by atoms with Gasteiger partial charge < -0.3 is 5.32 Å².